The van der Waals surface area contributed by atoms with Crippen LogP contribution in [0.15, 0.2) is 0 Å². The number of fused-ring (bicyclic) bond motifs is 2. The van der Waals surface area contributed by atoms with Gasteiger partial charge in [0.15, 0.2) is 7.85 Å². The fraction of sp³-hybridized carbons (Fsp3) is 0.929. The Kier molecular flexibility index (Phi) is 2.74. The van der Waals surface area contributed by atoms with E-state index in [1.54, 1.807) is 0 Å². The Morgan fingerprint density at radius 2 is 2.00 bits per heavy atom. The third-order valence-corrected chi connectivity index (χ3v) is 5.26. The second-order valence-electron chi connectivity index (χ2n) is 6.13. The van der Waals surface area contributed by atoms with Gasteiger partial charge in [0.2, 0.25) is 0 Å². The molecule has 16 heavy (non-hydrogen) atoms. The molecule has 2 unspecified atom stereocenters. The minimum atomic E-state index is 0.526. The van der Waals surface area contributed by atoms with Crippen LogP contribution in [0.5, 0.6) is 0 Å². The summed E-state index contributed by atoms with van der Waals surface area (Å²) in [5.74, 6) is 4.02. The van der Waals surface area contributed by atoms with Crippen LogP contribution < -0.4 is 5.32 Å². The lowest BCUT2D eigenvalue weighted by molar-refractivity contribution is 0.0975. The molecule has 0 aromatic carbocycles. The van der Waals surface area contributed by atoms with Crippen LogP contribution >= 0.6 is 0 Å². The molecular formula is C14H26BN. The zero-order valence-electron chi connectivity index (χ0n) is 9.89. The van der Waals surface area contributed by atoms with E-state index in [0.717, 1.165) is 23.3 Å². The molecule has 90 valence electrons. The fourth-order valence-corrected chi connectivity index (χ4v) is 4.16. The van der Waals surface area contributed by atoms with Crippen molar-refractivity contribution < 1.29 is 0 Å². The smallest absolute Gasteiger partial charge is 0.158 e. The Bertz CT molecular complexity index is 257. The Morgan fingerprint density at radius 3 is 2.75 bits per heavy atom. The summed E-state index contributed by atoms with van der Waals surface area (Å²) in [6.07, 6.45) is 10.6. The largest absolute Gasteiger partial charge is 0.309 e. The van der Waals surface area contributed by atoms with Crippen molar-refractivity contribution in [2.24, 2.45) is 17.3 Å². The van der Waals surface area contributed by atoms with E-state index in [-0.39, 0.29) is 0 Å². The molecule has 0 aromatic heterocycles. The monoisotopic (exact) mass is 219 g/mol. The molecule has 0 bridgehead atoms. The van der Waals surface area contributed by atoms with Gasteiger partial charge in [0, 0.05) is 19.0 Å². The lowest BCUT2D eigenvalue weighted by Gasteiger charge is -2.43. The van der Waals surface area contributed by atoms with E-state index in [1.807, 2.05) is 5.82 Å². The second-order valence-corrected chi connectivity index (χ2v) is 6.13. The molecule has 1 nitrogen and oxygen atoms in total. The van der Waals surface area contributed by atoms with Crippen LogP contribution in [0.4, 0.5) is 0 Å². The normalized spacial score (nSPS) is 48.4. The maximum atomic E-state index is 3.88. The van der Waals surface area contributed by atoms with Gasteiger partial charge in [-0.15, -0.1) is 5.82 Å². The zero-order chi connectivity index (χ0) is 11.2. The lowest BCUT2D eigenvalue weighted by atomic mass is 9.58. The molecular weight excluding hydrogens is 193 g/mol. The van der Waals surface area contributed by atoms with Crippen LogP contribution in [0.1, 0.15) is 51.9 Å². The molecule has 3 aliphatic rings. The molecule has 1 N–H and O–H groups in total. The molecule has 1 heterocycles. The molecule has 2 aliphatic carbocycles. The van der Waals surface area contributed by atoms with Gasteiger partial charge in [-0.2, -0.15) is 0 Å². The topological polar surface area (TPSA) is 12.0 Å². The Balaban J connectivity index is 1.73. The first kappa shape index (κ1) is 11.0. The van der Waals surface area contributed by atoms with Gasteiger partial charge in [0.05, 0.1) is 6.42 Å². The maximum absolute atomic E-state index is 3.88. The van der Waals surface area contributed by atoms with Crippen molar-refractivity contribution in [3.8, 4) is 0 Å². The van der Waals surface area contributed by atoms with Gasteiger partial charge in [-0.05, 0) is 36.5 Å². The van der Waals surface area contributed by atoms with E-state index < -0.39 is 0 Å². The summed E-state index contributed by atoms with van der Waals surface area (Å²) >= 11 is 0. The zero-order valence-corrected chi connectivity index (χ0v) is 9.89. The molecule has 3 fully saturated rings. The SMILES string of the molecule is [BH3-][C+]1CCC2C(C1)NCC21CCC(C)CC1. The lowest BCUT2D eigenvalue weighted by Crippen LogP contribution is -2.39. The van der Waals surface area contributed by atoms with Crippen LogP contribution in [-0.2, 0) is 0 Å². The van der Waals surface area contributed by atoms with Gasteiger partial charge in [-0.25, -0.2) is 0 Å². The van der Waals surface area contributed by atoms with E-state index in [9.17, 15) is 0 Å². The summed E-state index contributed by atoms with van der Waals surface area (Å²) in [6, 6.07) is 0.898. The molecule has 2 saturated carbocycles. The summed E-state index contributed by atoms with van der Waals surface area (Å²) in [7, 11) is 0.526. The van der Waals surface area contributed by atoms with E-state index in [4.69, 9.17) is 0 Å². The molecule has 0 amide bonds. The van der Waals surface area contributed by atoms with E-state index in [1.165, 1.54) is 51.5 Å². The van der Waals surface area contributed by atoms with Crippen LogP contribution in [0, 0.1) is 23.1 Å². The van der Waals surface area contributed by atoms with Crippen LogP contribution in [0.25, 0.3) is 0 Å². The number of hydrogen-bond donors (Lipinski definition) is 1. The molecule has 1 spiro atoms. The number of rotatable bonds is 0. The van der Waals surface area contributed by atoms with Gasteiger partial charge in [0.25, 0.3) is 0 Å². The quantitative estimate of drug-likeness (QED) is 0.484. The third-order valence-electron chi connectivity index (χ3n) is 5.26. The standard InChI is InChI=1S/C14H26BN/c1-10-4-6-14(7-5-10)9-16-13-8-11(15)2-3-12(13)14/h10,12-13,16H,2-9H2,1,15H3. The van der Waals surface area contributed by atoms with Crippen LogP contribution in [0.3, 0.4) is 0 Å². The average Bonchev–Trinajstić information content (AvgIpc) is 2.62. The summed E-state index contributed by atoms with van der Waals surface area (Å²) in [4.78, 5) is 0. The third kappa shape index (κ3) is 1.70. The van der Waals surface area contributed by atoms with E-state index in [2.05, 4.69) is 12.2 Å². The Hall–Kier alpha value is -0.105. The molecule has 2 atom stereocenters. The summed E-state index contributed by atoms with van der Waals surface area (Å²) < 4.78 is 0. The van der Waals surface area contributed by atoms with Gasteiger partial charge in [0.1, 0.15) is 0 Å². The van der Waals surface area contributed by atoms with Crippen molar-refractivity contribution in [3.63, 3.8) is 0 Å². The van der Waals surface area contributed by atoms with Crippen molar-refractivity contribution in [2.75, 3.05) is 6.54 Å². The second kappa shape index (κ2) is 3.98. The highest BCUT2D eigenvalue weighted by atomic mass is 15.0. The maximum Gasteiger partial charge on any atom is 0.158 e. The van der Waals surface area contributed by atoms with Crippen molar-refractivity contribution >= 4 is 7.85 Å². The van der Waals surface area contributed by atoms with Crippen molar-refractivity contribution in [1.29, 1.82) is 0 Å². The number of hydrogen-bond acceptors (Lipinski definition) is 1. The summed E-state index contributed by atoms with van der Waals surface area (Å²) in [5.41, 5.74) is 0.734. The van der Waals surface area contributed by atoms with Crippen molar-refractivity contribution in [2.45, 2.75) is 57.9 Å². The number of nitrogens with one attached hydrogen (secondary N) is 1. The van der Waals surface area contributed by atoms with Gasteiger partial charge in [-0.3, -0.25) is 0 Å². The van der Waals surface area contributed by atoms with Gasteiger partial charge < -0.3 is 5.32 Å². The highest BCUT2D eigenvalue weighted by Gasteiger charge is 2.51. The van der Waals surface area contributed by atoms with Crippen LogP contribution in [0.2, 0.25) is 0 Å². The summed E-state index contributed by atoms with van der Waals surface area (Å²) in [6.45, 7) is 3.80. The summed E-state index contributed by atoms with van der Waals surface area (Å²) in [5, 5.41) is 3.88. The Labute approximate surface area is 101 Å². The molecule has 0 aromatic rings. The van der Waals surface area contributed by atoms with Crippen molar-refractivity contribution in [1.82, 2.24) is 5.32 Å². The molecule has 3 rings (SSSR count). The van der Waals surface area contributed by atoms with Crippen molar-refractivity contribution in [3.05, 3.63) is 5.82 Å². The highest BCUT2D eigenvalue weighted by Crippen LogP contribution is 2.52. The van der Waals surface area contributed by atoms with Gasteiger partial charge in [-0.1, -0.05) is 19.8 Å². The van der Waals surface area contributed by atoms with E-state index in [0.29, 0.717) is 7.85 Å². The first-order valence-electron chi connectivity index (χ1n) is 6.74. The molecule has 1 saturated heterocycles. The van der Waals surface area contributed by atoms with Gasteiger partial charge >= 0.3 is 0 Å². The minimum Gasteiger partial charge on any atom is -0.309 e. The predicted molar refractivity (Wildman–Crippen MR) is 72.4 cm³/mol. The molecule has 2 heteroatoms. The van der Waals surface area contributed by atoms with Crippen LogP contribution in [-0.4, -0.2) is 20.4 Å². The Morgan fingerprint density at radius 1 is 1.25 bits per heavy atom. The first-order valence-corrected chi connectivity index (χ1v) is 6.74. The highest BCUT2D eigenvalue weighted by molar-refractivity contribution is 6.18. The van der Waals surface area contributed by atoms with E-state index >= 15 is 0 Å². The predicted octanol–water partition coefficient (Wildman–Crippen LogP) is 1.85. The average molecular weight is 219 g/mol. The fourth-order valence-electron chi connectivity index (χ4n) is 4.16. The minimum absolute atomic E-state index is 0.526. The molecule has 1 aliphatic heterocycles. The first-order chi connectivity index (χ1) is 7.70. The molecule has 0 radical (unpaired) electrons.